The van der Waals surface area contributed by atoms with Crippen molar-refractivity contribution in [2.24, 2.45) is 0 Å². The standard InChI is InChI=1S/C16H20N2O4/c1-16(20,14-4-3-7-22-14)11-18-15(19)6-5-12-8-13(21-2)10-17-9-12/h3-4,7-10,20H,5-6,11H2,1-2H3,(H,18,19). The number of amides is 1. The Kier molecular flexibility index (Phi) is 5.16. The first-order valence-electron chi connectivity index (χ1n) is 7.02. The number of nitrogens with one attached hydrogen (secondary N) is 1. The van der Waals surface area contributed by atoms with Gasteiger partial charge in [0.25, 0.3) is 0 Å². The van der Waals surface area contributed by atoms with Crippen LogP contribution in [0.4, 0.5) is 0 Å². The quantitative estimate of drug-likeness (QED) is 0.812. The Bertz CT molecular complexity index is 608. The zero-order valence-corrected chi connectivity index (χ0v) is 12.7. The van der Waals surface area contributed by atoms with Gasteiger partial charge in [-0.05, 0) is 37.1 Å². The highest BCUT2D eigenvalue weighted by atomic mass is 16.5. The minimum Gasteiger partial charge on any atom is -0.495 e. The second-order valence-electron chi connectivity index (χ2n) is 5.26. The summed E-state index contributed by atoms with van der Waals surface area (Å²) in [4.78, 5) is 15.9. The highest BCUT2D eigenvalue weighted by molar-refractivity contribution is 5.76. The van der Waals surface area contributed by atoms with E-state index in [4.69, 9.17) is 9.15 Å². The van der Waals surface area contributed by atoms with Crippen molar-refractivity contribution in [2.75, 3.05) is 13.7 Å². The van der Waals surface area contributed by atoms with Gasteiger partial charge in [-0.3, -0.25) is 9.78 Å². The van der Waals surface area contributed by atoms with Crippen LogP contribution in [-0.4, -0.2) is 29.7 Å². The van der Waals surface area contributed by atoms with Crippen LogP contribution in [0.5, 0.6) is 5.75 Å². The van der Waals surface area contributed by atoms with Gasteiger partial charge < -0.3 is 19.6 Å². The maximum Gasteiger partial charge on any atom is 0.220 e. The van der Waals surface area contributed by atoms with Crippen LogP contribution in [0.25, 0.3) is 0 Å². The van der Waals surface area contributed by atoms with Gasteiger partial charge in [0.15, 0.2) is 0 Å². The molecule has 6 nitrogen and oxygen atoms in total. The van der Waals surface area contributed by atoms with E-state index in [9.17, 15) is 9.90 Å². The lowest BCUT2D eigenvalue weighted by molar-refractivity contribution is -0.122. The molecule has 118 valence electrons. The zero-order valence-electron chi connectivity index (χ0n) is 12.7. The second-order valence-corrected chi connectivity index (χ2v) is 5.26. The third kappa shape index (κ3) is 4.33. The molecule has 2 aromatic heterocycles. The second kappa shape index (κ2) is 7.09. The lowest BCUT2D eigenvalue weighted by atomic mass is 10.0. The molecule has 0 aliphatic rings. The average Bonchev–Trinajstić information content (AvgIpc) is 3.06. The van der Waals surface area contributed by atoms with Crippen LogP contribution in [0, 0.1) is 0 Å². The highest BCUT2D eigenvalue weighted by Gasteiger charge is 2.26. The van der Waals surface area contributed by atoms with Crippen LogP contribution in [0.3, 0.4) is 0 Å². The van der Waals surface area contributed by atoms with Crippen LogP contribution in [0.1, 0.15) is 24.7 Å². The Morgan fingerprint density at radius 3 is 3.00 bits per heavy atom. The van der Waals surface area contributed by atoms with Crippen molar-refractivity contribution in [3.63, 3.8) is 0 Å². The summed E-state index contributed by atoms with van der Waals surface area (Å²) in [5.74, 6) is 0.943. The first kappa shape index (κ1) is 16.0. The van der Waals surface area contributed by atoms with Crippen molar-refractivity contribution in [2.45, 2.75) is 25.4 Å². The minimum atomic E-state index is -1.23. The van der Waals surface area contributed by atoms with E-state index in [-0.39, 0.29) is 12.5 Å². The van der Waals surface area contributed by atoms with Crippen LogP contribution >= 0.6 is 0 Å². The Balaban J connectivity index is 1.80. The molecule has 0 spiro atoms. The molecule has 0 radical (unpaired) electrons. The molecule has 2 N–H and O–H groups in total. The Labute approximate surface area is 129 Å². The molecule has 2 rings (SSSR count). The van der Waals surface area contributed by atoms with E-state index in [2.05, 4.69) is 10.3 Å². The minimum absolute atomic E-state index is 0.0930. The number of furan rings is 1. The molecule has 1 atom stereocenters. The third-order valence-electron chi connectivity index (χ3n) is 3.33. The molecule has 2 aromatic rings. The van der Waals surface area contributed by atoms with Gasteiger partial charge >= 0.3 is 0 Å². The van der Waals surface area contributed by atoms with Gasteiger partial charge in [-0.25, -0.2) is 0 Å². The fourth-order valence-electron chi connectivity index (χ4n) is 2.00. The maximum absolute atomic E-state index is 11.9. The van der Waals surface area contributed by atoms with Crippen LogP contribution < -0.4 is 10.1 Å². The number of carbonyl (C=O) groups excluding carboxylic acids is 1. The molecule has 0 aliphatic carbocycles. The van der Waals surface area contributed by atoms with Crippen molar-refractivity contribution in [3.05, 3.63) is 48.2 Å². The number of aryl methyl sites for hydroxylation is 1. The van der Waals surface area contributed by atoms with Crippen molar-refractivity contribution in [3.8, 4) is 5.75 Å². The fraction of sp³-hybridized carbons (Fsp3) is 0.375. The molecule has 1 unspecified atom stereocenters. The van der Waals surface area contributed by atoms with Crippen LogP contribution in [-0.2, 0) is 16.8 Å². The van der Waals surface area contributed by atoms with E-state index in [1.54, 1.807) is 38.6 Å². The van der Waals surface area contributed by atoms with Gasteiger partial charge in [-0.15, -0.1) is 0 Å². The summed E-state index contributed by atoms with van der Waals surface area (Å²) < 4.78 is 10.3. The smallest absolute Gasteiger partial charge is 0.220 e. The van der Waals surface area contributed by atoms with Gasteiger partial charge in [0.1, 0.15) is 17.1 Å². The van der Waals surface area contributed by atoms with Gasteiger partial charge in [-0.2, -0.15) is 0 Å². The molecule has 0 aliphatic heterocycles. The number of pyridine rings is 1. The number of aromatic nitrogens is 1. The molecular formula is C16H20N2O4. The zero-order chi connectivity index (χ0) is 16.0. The summed E-state index contributed by atoms with van der Waals surface area (Å²) in [6.07, 6.45) is 5.67. The third-order valence-corrected chi connectivity index (χ3v) is 3.33. The van der Waals surface area contributed by atoms with E-state index in [1.165, 1.54) is 6.26 Å². The van der Waals surface area contributed by atoms with Gasteiger partial charge in [-0.1, -0.05) is 0 Å². The predicted octanol–water partition coefficient (Wildman–Crippen LogP) is 1.64. The lowest BCUT2D eigenvalue weighted by Crippen LogP contribution is -2.38. The van der Waals surface area contributed by atoms with E-state index in [0.717, 1.165) is 5.56 Å². The Morgan fingerprint density at radius 1 is 1.50 bits per heavy atom. The summed E-state index contributed by atoms with van der Waals surface area (Å²) in [5.41, 5.74) is -0.302. The van der Waals surface area contributed by atoms with Gasteiger partial charge in [0.05, 0.1) is 26.1 Å². The van der Waals surface area contributed by atoms with E-state index in [1.807, 2.05) is 6.07 Å². The number of carbonyl (C=O) groups is 1. The van der Waals surface area contributed by atoms with E-state index < -0.39 is 5.60 Å². The monoisotopic (exact) mass is 304 g/mol. The topological polar surface area (TPSA) is 84.6 Å². The number of hydrogen-bond acceptors (Lipinski definition) is 5. The number of aliphatic hydroxyl groups is 1. The number of nitrogens with zero attached hydrogens (tertiary/aromatic N) is 1. The maximum atomic E-state index is 11.9. The Morgan fingerprint density at radius 2 is 2.32 bits per heavy atom. The fourth-order valence-corrected chi connectivity index (χ4v) is 2.00. The lowest BCUT2D eigenvalue weighted by Gasteiger charge is -2.21. The average molecular weight is 304 g/mol. The van der Waals surface area contributed by atoms with E-state index in [0.29, 0.717) is 24.4 Å². The molecule has 6 heteroatoms. The van der Waals surface area contributed by atoms with Crippen molar-refractivity contribution < 1.29 is 19.1 Å². The number of methoxy groups -OCH3 is 1. The first-order valence-corrected chi connectivity index (χ1v) is 7.02. The van der Waals surface area contributed by atoms with Crippen molar-refractivity contribution >= 4 is 5.91 Å². The molecule has 22 heavy (non-hydrogen) atoms. The largest absolute Gasteiger partial charge is 0.495 e. The van der Waals surface area contributed by atoms with Crippen molar-refractivity contribution in [1.29, 1.82) is 0 Å². The number of rotatable bonds is 7. The molecule has 0 bridgehead atoms. The van der Waals surface area contributed by atoms with E-state index >= 15 is 0 Å². The molecular weight excluding hydrogens is 284 g/mol. The molecule has 0 saturated heterocycles. The normalized spacial score (nSPS) is 13.4. The molecule has 2 heterocycles. The van der Waals surface area contributed by atoms with Crippen molar-refractivity contribution in [1.82, 2.24) is 10.3 Å². The summed E-state index contributed by atoms with van der Waals surface area (Å²) >= 11 is 0. The van der Waals surface area contributed by atoms with Gasteiger partial charge in [0.2, 0.25) is 5.91 Å². The van der Waals surface area contributed by atoms with Crippen LogP contribution in [0.2, 0.25) is 0 Å². The Hall–Kier alpha value is -2.34. The molecule has 0 saturated carbocycles. The summed E-state index contributed by atoms with van der Waals surface area (Å²) in [5, 5.41) is 13.0. The molecule has 0 fully saturated rings. The first-order chi connectivity index (χ1) is 10.5. The summed E-state index contributed by atoms with van der Waals surface area (Å²) in [6, 6.07) is 5.22. The predicted molar refractivity (Wildman–Crippen MR) is 80.4 cm³/mol. The molecule has 1 amide bonds. The summed E-state index contributed by atoms with van der Waals surface area (Å²) in [6.45, 7) is 1.69. The summed E-state index contributed by atoms with van der Waals surface area (Å²) in [7, 11) is 1.57. The number of hydrogen-bond donors (Lipinski definition) is 2. The number of ether oxygens (including phenoxy) is 1. The SMILES string of the molecule is COc1cncc(CCC(=O)NCC(C)(O)c2ccco2)c1. The van der Waals surface area contributed by atoms with Gasteiger partial charge in [0, 0.05) is 12.6 Å². The highest BCUT2D eigenvalue weighted by Crippen LogP contribution is 2.19. The van der Waals surface area contributed by atoms with Crippen LogP contribution in [0.15, 0.2) is 41.3 Å². The molecule has 0 aromatic carbocycles.